The summed E-state index contributed by atoms with van der Waals surface area (Å²) < 4.78 is 14.2. The van der Waals surface area contributed by atoms with E-state index in [9.17, 15) is 4.57 Å². The molecule has 1 atom stereocenters. The van der Waals surface area contributed by atoms with Gasteiger partial charge in [0, 0.05) is 10.6 Å². The molecule has 0 aliphatic heterocycles. The van der Waals surface area contributed by atoms with Crippen molar-refractivity contribution in [3.63, 3.8) is 0 Å². The van der Waals surface area contributed by atoms with Gasteiger partial charge in [-0.25, -0.2) is 0 Å². The van der Waals surface area contributed by atoms with E-state index >= 15 is 0 Å². The number of hydrogen-bond donors (Lipinski definition) is 4. The summed E-state index contributed by atoms with van der Waals surface area (Å²) in [6.07, 6.45) is 0.775. The van der Waals surface area contributed by atoms with Gasteiger partial charge in [0.25, 0.3) is 0 Å². The van der Waals surface area contributed by atoms with Crippen LogP contribution in [-0.4, -0.2) is 34.7 Å². The topological polar surface area (TPSA) is 107 Å². The molecule has 0 bridgehead atoms. The fraction of sp³-hybridized carbons (Fsp3) is 1.00. The van der Waals surface area contributed by atoms with E-state index in [-0.39, 0.29) is 12.7 Å². The minimum Gasteiger partial charge on any atom is -0.390 e. The Morgan fingerprint density at radius 2 is 1.83 bits per heavy atom. The third kappa shape index (κ3) is 10.1. The lowest BCUT2D eigenvalue weighted by atomic mass is 10.4. The van der Waals surface area contributed by atoms with Gasteiger partial charge >= 0.3 is 17.1 Å². The maximum absolute atomic E-state index is 9.95. The SMILES string of the molecule is O=[P+](O)OCCCC[Si](O)(O)O. The van der Waals surface area contributed by atoms with E-state index in [4.69, 9.17) is 19.3 Å². The second-order valence-electron chi connectivity index (χ2n) is 2.30. The van der Waals surface area contributed by atoms with Crippen molar-refractivity contribution in [1.82, 2.24) is 0 Å². The highest BCUT2D eigenvalue weighted by Crippen LogP contribution is 2.15. The predicted octanol–water partition coefficient (Wildman–Crippen LogP) is -0.651. The van der Waals surface area contributed by atoms with Crippen molar-refractivity contribution in [2.24, 2.45) is 0 Å². The van der Waals surface area contributed by atoms with Gasteiger partial charge in [-0.15, -0.1) is 9.42 Å². The normalized spacial score (nSPS) is 13.2. The van der Waals surface area contributed by atoms with Gasteiger partial charge in [0.05, 0.1) is 0 Å². The molecule has 0 aromatic rings. The molecule has 0 saturated heterocycles. The van der Waals surface area contributed by atoms with Crippen LogP contribution in [0.1, 0.15) is 12.8 Å². The summed E-state index contributed by atoms with van der Waals surface area (Å²) in [6.45, 7) is 0.0795. The van der Waals surface area contributed by atoms with Crippen molar-refractivity contribution in [2.45, 2.75) is 18.9 Å². The molecule has 0 aromatic carbocycles. The molecule has 0 aliphatic carbocycles. The molecule has 12 heavy (non-hydrogen) atoms. The molecule has 0 fully saturated rings. The summed E-state index contributed by atoms with van der Waals surface area (Å²) in [5.74, 6) is 0. The zero-order valence-corrected chi connectivity index (χ0v) is 8.28. The Balaban J connectivity index is 3.17. The molecule has 6 nitrogen and oxygen atoms in total. The van der Waals surface area contributed by atoms with Crippen LogP contribution in [0.5, 0.6) is 0 Å². The standard InChI is InChI=1S/C4H11O6PSi/c5-11(6)10-3-1-2-4-12(7,8)9/h7-9H,1-4H2/p+1. The Labute approximate surface area is 71.8 Å². The van der Waals surface area contributed by atoms with Crippen molar-refractivity contribution < 1.29 is 28.4 Å². The monoisotopic (exact) mass is 215 g/mol. The van der Waals surface area contributed by atoms with Gasteiger partial charge in [0.2, 0.25) is 0 Å². The molecule has 0 saturated carbocycles. The summed E-state index contributed by atoms with van der Waals surface area (Å²) in [5.41, 5.74) is 0. The Kier molecular flexibility index (Phi) is 5.77. The van der Waals surface area contributed by atoms with Gasteiger partial charge < -0.3 is 14.4 Å². The van der Waals surface area contributed by atoms with Gasteiger partial charge in [0.1, 0.15) is 6.61 Å². The van der Waals surface area contributed by atoms with Crippen molar-refractivity contribution in [3.05, 3.63) is 0 Å². The Morgan fingerprint density at radius 3 is 2.25 bits per heavy atom. The Bertz CT molecular complexity index is 145. The second kappa shape index (κ2) is 5.71. The summed E-state index contributed by atoms with van der Waals surface area (Å²) in [5, 5.41) is 0. The largest absolute Gasteiger partial charge is 0.694 e. The van der Waals surface area contributed by atoms with Crippen molar-refractivity contribution >= 4 is 17.1 Å². The van der Waals surface area contributed by atoms with Crippen molar-refractivity contribution in [1.29, 1.82) is 0 Å². The van der Waals surface area contributed by atoms with E-state index in [0.29, 0.717) is 12.8 Å². The third-order valence-corrected chi connectivity index (χ3v) is 2.54. The van der Waals surface area contributed by atoms with Crippen LogP contribution in [0, 0.1) is 0 Å². The zero-order chi connectivity index (χ0) is 9.61. The van der Waals surface area contributed by atoms with Crippen LogP contribution < -0.4 is 0 Å². The molecule has 8 heteroatoms. The van der Waals surface area contributed by atoms with Crippen LogP contribution in [0.25, 0.3) is 0 Å². The second-order valence-corrected chi connectivity index (χ2v) is 5.09. The number of hydrogen-bond acceptors (Lipinski definition) is 5. The van der Waals surface area contributed by atoms with Crippen molar-refractivity contribution in [3.8, 4) is 0 Å². The van der Waals surface area contributed by atoms with Crippen LogP contribution in [0.3, 0.4) is 0 Å². The third-order valence-electron chi connectivity index (χ3n) is 1.11. The van der Waals surface area contributed by atoms with Crippen molar-refractivity contribution in [2.75, 3.05) is 6.61 Å². The average Bonchev–Trinajstić information content (AvgIpc) is 1.83. The molecule has 4 N–H and O–H groups in total. The smallest absolute Gasteiger partial charge is 0.390 e. The fourth-order valence-electron chi connectivity index (χ4n) is 0.607. The maximum atomic E-state index is 9.95. The van der Waals surface area contributed by atoms with Gasteiger partial charge in [0.15, 0.2) is 0 Å². The quantitative estimate of drug-likeness (QED) is 0.266. The minimum absolute atomic E-state index is 0.0709. The van der Waals surface area contributed by atoms with Gasteiger partial charge in [-0.1, -0.05) is 0 Å². The first-order chi connectivity index (χ1) is 5.42. The molecule has 0 aromatic heterocycles. The first-order valence-electron chi connectivity index (χ1n) is 3.38. The van der Waals surface area contributed by atoms with Gasteiger partial charge in [-0.05, 0) is 12.8 Å². The summed E-state index contributed by atoms with van der Waals surface area (Å²) in [6, 6.07) is -0.0709. The van der Waals surface area contributed by atoms with E-state index in [0.717, 1.165) is 0 Å². The molecule has 0 radical (unpaired) electrons. The Morgan fingerprint density at radius 1 is 1.25 bits per heavy atom. The fourth-order valence-corrected chi connectivity index (χ4v) is 1.62. The molecular formula is C4H12O6PSi+. The first-order valence-corrected chi connectivity index (χ1v) is 6.56. The molecule has 0 amide bonds. The number of unbranched alkanes of at least 4 members (excludes halogenated alkanes) is 1. The van der Waals surface area contributed by atoms with E-state index < -0.39 is 17.1 Å². The highest BCUT2D eigenvalue weighted by atomic mass is 31.1. The van der Waals surface area contributed by atoms with Crippen LogP contribution in [0.2, 0.25) is 6.04 Å². The summed E-state index contributed by atoms with van der Waals surface area (Å²) >= 11 is 0. The molecular weight excluding hydrogens is 203 g/mol. The lowest BCUT2D eigenvalue weighted by Gasteiger charge is -2.06. The minimum atomic E-state index is -3.93. The van der Waals surface area contributed by atoms with Crippen LogP contribution in [0.15, 0.2) is 0 Å². The van der Waals surface area contributed by atoms with Gasteiger partial charge in [-0.2, -0.15) is 0 Å². The van der Waals surface area contributed by atoms with E-state index in [1.54, 1.807) is 0 Å². The van der Waals surface area contributed by atoms with E-state index in [2.05, 4.69) is 4.52 Å². The van der Waals surface area contributed by atoms with Gasteiger partial charge in [-0.3, -0.25) is 0 Å². The Hall–Kier alpha value is 0.117. The predicted molar refractivity (Wildman–Crippen MR) is 42.2 cm³/mol. The van der Waals surface area contributed by atoms with Crippen LogP contribution >= 0.6 is 8.25 Å². The van der Waals surface area contributed by atoms with E-state index in [1.165, 1.54) is 0 Å². The lowest BCUT2D eigenvalue weighted by Crippen LogP contribution is -2.34. The maximum Gasteiger partial charge on any atom is 0.694 e. The number of rotatable bonds is 6. The van der Waals surface area contributed by atoms with E-state index in [1.807, 2.05) is 0 Å². The zero-order valence-electron chi connectivity index (χ0n) is 6.38. The average molecular weight is 215 g/mol. The molecule has 1 unspecified atom stereocenters. The summed E-state index contributed by atoms with van der Waals surface area (Å²) in [7, 11) is -6.50. The summed E-state index contributed by atoms with van der Waals surface area (Å²) in [4.78, 5) is 33.7. The molecule has 0 heterocycles. The molecule has 0 aliphatic rings. The van der Waals surface area contributed by atoms with Crippen LogP contribution in [0.4, 0.5) is 0 Å². The highest BCUT2D eigenvalue weighted by molar-refractivity contribution is 7.32. The van der Waals surface area contributed by atoms with Crippen LogP contribution in [-0.2, 0) is 9.09 Å². The lowest BCUT2D eigenvalue weighted by molar-refractivity contribution is 0.223. The first kappa shape index (κ1) is 12.1. The highest BCUT2D eigenvalue weighted by Gasteiger charge is 2.25. The molecule has 0 rings (SSSR count). The molecule has 72 valence electrons. The molecule has 0 spiro atoms.